The number of phenols is 2. The number of halogens is 10. The van der Waals surface area contributed by atoms with Crippen LogP contribution in [0.15, 0.2) is 84.9 Å². The fourth-order valence-electron chi connectivity index (χ4n) is 8.43. The Morgan fingerprint density at radius 2 is 0.761 bits per heavy atom. The van der Waals surface area contributed by atoms with Crippen molar-refractivity contribution in [2.75, 3.05) is 0 Å². The monoisotopic (exact) mass is 1060 g/mol. The minimum Gasteiger partial charge on any atom is -0.199 e. The summed E-state index contributed by atoms with van der Waals surface area (Å²) in [5, 5.41) is 23.6. The Hall–Kier alpha value is -4.63. The number of rotatable bonds is 6. The SMILES string of the molecule is CC(C)(C)c1cc(C[S]2=[Ti]=[S@@](Cc3cc(C(C)(C)C)cc(-c4c(F)c(F)c(F)c(F)c4F)c3O)C3CCCCCC[C@@H]32)c(O)c(-c2c(F)c(F)c(F)c(F)c2F)c1.[CH2-]c1ccccc1.[CH2-]c1ccccc1. The van der Waals surface area contributed by atoms with Gasteiger partial charge < -0.3 is 0 Å². The fraction of sp³-hybridized carbons (Fsp3) is 0.321. The molecule has 6 aromatic rings. The van der Waals surface area contributed by atoms with E-state index in [1.54, 1.807) is 12.1 Å². The first kappa shape index (κ1) is 55.7. The summed E-state index contributed by atoms with van der Waals surface area (Å²) in [6.07, 6.45) is 5.54. The Bertz CT molecular complexity index is 2740. The van der Waals surface area contributed by atoms with Crippen molar-refractivity contribution in [3.63, 3.8) is 0 Å². The van der Waals surface area contributed by atoms with Gasteiger partial charge in [0.2, 0.25) is 0 Å². The maximum Gasteiger partial charge on any atom is -0.0866 e. The predicted molar refractivity (Wildman–Crippen MR) is 264 cm³/mol. The third-order valence-electron chi connectivity index (χ3n) is 12.5. The van der Waals surface area contributed by atoms with E-state index < -0.39 is 134 Å². The standard InChI is InChI=1S/C42H42F10O2S2.2C7H7.Ti/c1-41(2,3)21-13-19(39(53)23(15-21)27-29(43)33(47)37(51)34(48)30(27)44)17-55-25-11-9-7-8-10-12-26(25)56-18-20-14-22(42(4,5)6)16-24(40(20)54)28-31(45)35(49)38(52)36(50)32(28)46;2*1-7-5-3-2-4-6-7;/h13-16,25-26,53-54H,7-12,17-18H2,1-6H3;2*2-6H,1H2;/q;2*-1;/t25-,26?;;;/m0.../s1. The number of benzene rings is 6. The first-order chi connectivity index (χ1) is 33.3. The zero-order valence-electron chi connectivity index (χ0n) is 40.3. The minimum atomic E-state index is -2.31. The van der Waals surface area contributed by atoms with Crippen molar-refractivity contribution in [3.05, 3.63) is 190 Å². The second kappa shape index (κ2) is 23.1. The van der Waals surface area contributed by atoms with Crippen molar-refractivity contribution in [2.45, 2.75) is 113 Å². The van der Waals surface area contributed by atoms with E-state index in [1.165, 1.54) is 12.1 Å². The maximum absolute atomic E-state index is 15.2. The molecule has 1 heterocycles. The molecular formula is C56H56F10O2S2Ti-2. The second-order valence-electron chi connectivity index (χ2n) is 19.7. The molecule has 0 bridgehead atoms. The molecule has 1 fully saturated rings. The van der Waals surface area contributed by atoms with Gasteiger partial charge in [-0.1, -0.05) is 12.1 Å². The summed E-state index contributed by atoms with van der Waals surface area (Å²) in [6.45, 7) is 18.3. The zero-order valence-corrected chi connectivity index (χ0v) is 43.5. The summed E-state index contributed by atoms with van der Waals surface area (Å²) in [5.74, 6) is -22.0. The number of hydrogen-bond acceptors (Lipinski definition) is 2. The molecule has 2 nitrogen and oxygen atoms in total. The van der Waals surface area contributed by atoms with Crippen LogP contribution in [0, 0.1) is 72.0 Å². The van der Waals surface area contributed by atoms with Gasteiger partial charge in [-0.15, -0.1) is 24.3 Å². The van der Waals surface area contributed by atoms with E-state index in [1.807, 2.05) is 102 Å². The molecule has 1 aliphatic carbocycles. The molecule has 1 saturated carbocycles. The molecule has 2 aliphatic rings. The molecule has 0 saturated heterocycles. The van der Waals surface area contributed by atoms with E-state index in [2.05, 4.69) is 13.8 Å². The molecule has 71 heavy (non-hydrogen) atoms. The first-order valence-corrected chi connectivity index (χ1v) is 29.7. The van der Waals surface area contributed by atoms with Crippen molar-refractivity contribution in [1.29, 1.82) is 0 Å². The first-order valence-electron chi connectivity index (χ1n) is 23.0. The smallest absolute Gasteiger partial charge is 0.0866 e. The van der Waals surface area contributed by atoms with Gasteiger partial charge in [-0.2, -0.15) is 49.2 Å². The summed E-state index contributed by atoms with van der Waals surface area (Å²) in [5.41, 5.74) is -0.991. The van der Waals surface area contributed by atoms with Crippen LogP contribution in [0.1, 0.15) is 113 Å². The van der Waals surface area contributed by atoms with Crippen molar-refractivity contribution in [2.24, 2.45) is 0 Å². The number of hydrogen-bond donors (Lipinski definition) is 2. The van der Waals surface area contributed by atoms with E-state index in [4.69, 9.17) is 0 Å². The molecule has 2 N–H and O–H groups in total. The topological polar surface area (TPSA) is 40.5 Å². The van der Waals surface area contributed by atoms with Crippen LogP contribution < -0.4 is 0 Å². The summed E-state index contributed by atoms with van der Waals surface area (Å²) in [4.78, 5) is 0. The Kier molecular flexibility index (Phi) is 18.1. The molecule has 0 amide bonds. The van der Waals surface area contributed by atoms with Crippen molar-refractivity contribution in [1.82, 2.24) is 0 Å². The van der Waals surface area contributed by atoms with Gasteiger partial charge in [-0.05, 0) is 0 Å². The van der Waals surface area contributed by atoms with Crippen LogP contribution in [0.4, 0.5) is 43.9 Å². The third kappa shape index (κ3) is 12.6. The summed E-state index contributed by atoms with van der Waals surface area (Å²) in [7, 11) is -0.796. The van der Waals surface area contributed by atoms with Gasteiger partial charge in [0, 0.05) is 0 Å². The van der Waals surface area contributed by atoms with Gasteiger partial charge in [0.1, 0.15) is 0 Å². The van der Waals surface area contributed by atoms with Gasteiger partial charge in [0.15, 0.2) is 0 Å². The molecule has 2 unspecified atom stereocenters. The average molecular weight is 1060 g/mol. The zero-order chi connectivity index (χ0) is 52.3. The van der Waals surface area contributed by atoms with Crippen molar-refractivity contribution >= 4 is 15.9 Å². The summed E-state index contributed by atoms with van der Waals surface area (Å²) >= 11 is -0.996. The van der Waals surface area contributed by atoms with Crippen molar-refractivity contribution < 1.29 is 69.6 Å². The fourth-order valence-corrected chi connectivity index (χ4v) is 29.3. The quantitative estimate of drug-likeness (QED) is 0.0574. The normalized spacial score (nSPS) is 17.9. The largest absolute Gasteiger partial charge is 0.199 e. The predicted octanol–water partition coefficient (Wildman–Crippen LogP) is 17.4. The van der Waals surface area contributed by atoms with Gasteiger partial charge in [-0.25, -0.2) is 0 Å². The third-order valence-corrected chi connectivity index (χ3v) is 28.4. The Morgan fingerprint density at radius 3 is 1.03 bits per heavy atom. The molecule has 15 heteroatoms. The number of fused-ring (bicyclic) bond motifs is 1. The molecule has 6 aromatic carbocycles. The van der Waals surface area contributed by atoms with E-state index in [0.717, 1.165) is 49.7 Å². The molecule has 0 aromatic heterocycles. The van der Waals surface area contributed by atoms with Crippen LogP contribution in [0.2, 0.25) is 0 Å². The Balaban J connectivity index is 0.000000505. The van der Waals surface area contributed by atoms with Crippen LogP contribution in [0.3, 0.4) is 0 Å². The molecular weight excluding hydrogens is 1010 g/mol. The Morgan fingerprint density at radius 1 is 0.465 bits per heavy atom. The molecule has 1 aliphatic heterocycles. The van der Waals surface area contributed by atoms with E-state index in [-0.39, 0.29) is 22.0 Å². The minimum absolute atomic E-state index is 0.145. The van der Waals surface area contributed by atoms with Gasteiger partial charge in [-0.3, -0.25) is 0 Å². The van der Waals surface area contributed by atoms with Gasteiger partial charge in [0.25, 0.3) is 0 Å². The van der Waals surface area contributed by atoms with E-state index >= 15 is 17.6 Å². The van der Waals surface area contributed by atoms with Gasteiger partial charge in [0.05, 0.1) is 0 Å². The second-order valence-corrected chi connectivity index (χ2v) is 31.1. The van der Waals surface area contributed by atoms with Crippen LogP contribution >= 0.6 is 15.9 Å². The summed E-state index contributed by atoms with van der Waals surface area (Å²) in [6, 6.07) is 25.7. The molecule has 0 radical (unpaired) electrons. The number of aromatic hydroxyl groups is 2. The van der Waals surface area contributed by atoms with Crippen LogP contribution in [-0.2, 0) is 37.8 Å². The molecule has 4 atom stereocenters. The molecule has 8 rings (SSSR count). The number of phenolic OH excluding ortho intramolecular Hbond substituents is 2. The summed E-state index contributed by atoms with van der Waals surface area (Å²) < 4.78 is 147. The molecule has 0 spiro atoms. The van der Waals surface area contributed by atoms with Gasteiger partial charge >= 0.3 is 337 Å². The average Bonchev–Trinajstić information content (AvgIpc) is 3.61. The maximum atomic E-state index is 15.2. The Labute approximate surface area is 420 Å². The van der Waals surface area contributed by atoms with Crippen LogP contribution in [0.25, 0.3) is 22.3 Å². The van der Waals surface area contributed by atoms with Crippen LogP contribution in [0.5, 0.6) is 11.5 Å². The van der Waals surface area contributed by atoms with Crippen LogP contribution in [-0.4, -0.2) is 20.7 Å². The van der Waals surface area contributed by atoms with Crippen molar-refractivity contribution in [3.8, 4) is 33.8 Å². The van der Waals surface area contributed by atoms with E-state index in [9.17, 15) is 36.6 Å². The van der Waals surface area contributed by atoms with E-state index in [0.29, 0.717) is 22.3 Å². The molecule has 380 valence electrons.